The van der Waals surface area contributed by atoms with Gasteiger partial charge in [-0.2, -0.15) is 5.26 Å². The number of rotatable bonds is 4. The first kappa shape index (κ1) is 14.2. The number of benzene rings is 1. The van der Waals surface area contributed by atoms with Crippen molar-refractivity contribution in [2.45, 2.75) is 9.24 Å². The summed E-state index contributed by atoms with van der Waals surface area (Å²) in [6.07, 6.45) is 0. The maximum atomic E-state index is 10.8. The van der Waals surface area contributed by atoms with Gasteiger partial charge in [0, 0.05) is 25.1 Å². The fourth-order valence-corrected chi connectivity index (χ4v) is 3.13. The van der Waals surface area contributed by atoms with Crippen molar-refractivity contribution in [3.05, 3.63) is 33.9 Å². The van der Waals surface area contributed by atoms with Gasteiger partial charge in [0.15, 0.2) is 4.34 Å². The van der Waals surface area contributed by atoms with Crippen LogP contribution in [0.25, 0.3) is 0 Å². The predicted octanol–water partition coefficient (Wildman–Crippen LogP) is 2.54. The normalized spacial score (nSPS) is 10.1. The minimum absolute atomic E-state index is 0.0392. The van der Waals surface area contributed by atoms with Crippen molar-refractivity contribution < 1.29 is 4.92 Å². The largest absolute Gasteiger partial charge is 0.353 e. The molecule has 0 spiro atoms. The lowest BCUT2D eigenvalue weighted by atomic mass is 10.2. The zero-order valence-electron chi connectivity index (χ0n) is 10.6. The molecule has 2 aromatic rings. The number of nitriles is 1. The molecule has 0 unspecified atom stereocenters. The van der Waals surface area contributed by atoms with Gasteiger partial charge in [-0.05, 0) is 12.1 Å². The Balaban J connectivity index is 2.25. The molecular weight excluding hydrogens is 298 g/mol. The van der Waals surface area contributed by atoms with Crippen LogP contribution in [0.3, 0.4) is 0 Å². The summed E-state index contributed by atoms with van der Waals surface area (Å²) in [6.45, 7) is 0. The zero-order chi connectivity index (χ0) is 14.7. The van der Waals surface area contributed by atoms with Gasteiger partial charge in [0.1, 0.15) is 11.6 Å². The molecule has 0 N–H and O–H groups in total. The highest BCUT2D eigenvalue weighted by molar-refractivity contribution is 8.01. The van der Waals surface area contributed by atoms with Crippen molar-refractivity contribution in [1.82, 2.24) is 10.2 Å². The lowest BCUT2D eigenvalue weighted by molar-refractivity contribution is -0.385. The standard InChI is InChI=1S/C11H9N5O2S2/c1-15(2)10-13-14-11(20-10)19-8-3-4-9(16(17)18)7(5-8)6-12/h3-5H,1-2H3. The highest BCUT2D eigenvalue weighted by atomic mass is 32.2. The van der Waals surface area contributed by atoms with E-state index >= 15 is 0 Å². The lowest BCUT2D eigenvalue weighted by Gasteiger charge is -2.03. The van der Waals surface area contributed by atoms with E-state index in [1.807, 2.05) is 25.1 Å². The molecule has 0 atom stereocenters. The second-order valence-corrected chi connectivity index (χ2v) is 6.17. The van der Waals surface area contributed by atoms with E-state index in [0.29, 0.717) is 9.24 Å². The van der Waals surface area contributed by atoms with Crippen molar-refractivity contribution in [2.24, 2.45) is 0 Å². The Morgan fingerprint density at radius 3 is 2.75 bits per heavy atom. The summed E-state index contributed by atoms with van der Waals surface area (Å²) >= 11 is 2.73. The van der Waals surface area contributed by atoms with Gasteiger partial charge in [-0.3, -0.25) is 10.1 Å². The van der Waals surface area contributed by atoms with Gasteiger partial charge >= 0.3 is 0 Å². The summed E-state index contributed by atoms with van der Waals surface area (Å²) in [5, 5.41) is 28.5. The summed E-state index contributed by atoms with van der Waals surface area (Å²) in [7, 11) is 3.74. The molecule has 0 saturated carbocycles. The van der Waals surface area contributed by atoms with Crippen LogP contribution >= 0.6 is 23.1 Å². The smallest absolute Gasteiger partial charge is 0.287 e. The first-order valence-corrected chi connectivity index (χ1v) is 7.02. The summed E-state index contributed by atoms with van der Waals surface area (Å²) in [4.78, 5) is 12.7. The third kappa shape index (κ3) is 3.04. The number of nitro benzene ring substituents is 1. The number of anilines is 1. The van der Waals surface area contributed by atoms with E-state index in [4.69, 9.17) is 5.26 Å². The molecule has 2 rings (SSSR count). The van der Waals surface area contributed by atoms with Crippen LogP contribution in [0.2, 0.25) is 0 Å². The van der Waals surface area contributed by atoms with Gasteiger partial charge in [-0.15, -0.1) is 10.2 Å². The second-order valence-electron chi connectivity index (χ2n) is 3.89. The molecule has 102 valence electrons. The van der Waals surface area contributed by atoms with E-state index in [0.717, 1.165) is 5.13 Å². The maximum absolute atomic E-state index is 10.8. The summed E-state index contributed by atoms with van der Waals surface area (Å²) in [5.74, 6) is 0. The molecule has 1 heterocycles. The Bertz CT molecular complexity index is 692. The molecule has 0 aliphatic heterocycles. The van der Waals surface area contributed by atoms with Crippen LogP contribution < -0.4 is 4.90 Å². The quantitative estimate of drug-likeness (QED) is 0.632. The number of nitrogens with zero attached hydrogens (tertiary/aromatic N) is 5. The Morgan fingerprint density at radius 2 is 2.20 bits per heavy atom. The van der Waals surface area contributed by atoms with Crippen LogP contribution in [-0.4, -0.2) is 29.2 Å². The van der Waals surface area contributed by atoms with Gasteiger partial charge in [-0.25, -0.2) is 0 Å². The SMILES string of the molecule is CN(C)c1nnc(Sc2ccc([N+](=O)[O-])c(C#N)c2)s1. The van der Waals surface area contributed by atoms with Gasteiger partial charge in [0.05, 0.1) is 4.92 Å². The molecule has 0 saturated heterocycles. The van der Waals surface area contributed by atoms with E-state index in [2.05, 4.69) is 10.2 Å². The van der Waals surface area contributed by atoms with Crippen molar-refractivity contribution in [1.29, 1.82) is 5.26 Å². The highest BCUT2D eigenvalue weighted by Gasteiger charge is 2.15. The van der Waals surface area contributed by atoms with E-state index in [-0.39, 0.29) is 11.3 Å². The first-order chi connectivity index (χ1) is 9.51. The number of nitro groups is 1. The summed E-state index contributed by atoms with van der Waals surface area (Å²) < 4.78 is 0.714. The molecule has 0 radical (unpaired) electrons. The molecule has 7 nitrogen and oxygen atoms in total. The van der Waals surface area contributed by atoms with Crippen LogP contribution in [-0.2, 0) is 0 Å². The van der Waals surface area contributed by atoms with Crippen LogP contribution in [0, 0.1) is 21.4 Å². The van der Waals surface area contributed by atoms with Gasteiger partial charge in [0.25, 0.3) is 5.69 Å². The molecule has 0 aliphatic rings. The number of aromatic nitrogens is 2. The Morgan fingerprint density at radius 1 is 1.45 bits per heavy atom. The molecule has 0 amide bonds. The summed E-state index contributed by atoms with van der Waals surface area (Å²) in [6, 6.07) is 6.24. The monoisotopic (exact) mass is 307 g/mol. The van der Waals surface area contributed by atoms with Crippen molar-refractivity contribution >= 4 is 33.9 Å². The van der Waals surface area contributed by atoms with E-state index in [1.165, 1.54) is 35.2 Å². The van der Waals surface area contributed by atoms with Crippen LogP contribution in [0.5, 0.6) is 0 Å². The number of hydrogen-bond acceptors (Lipinski definition) is 8. The minimum Gasteiger partial charge on any atom is -0.353 e. The molecule has 0 fully saturated rings. The van der Waals surface area contributed by atoms with Crippen LogP contribution in [0.4, 0.5) is 10.8 Å². The van der Waals surface area contributed by atoms with Crippen LogP contribution in [0.15, 0.2) is 27.4 Å². The Kier molecular flexibility index (Phi) is 4.16. The van der Waals surface area contributed by atoms with Crippen LogP contribution in [0.1, 0.15) is 5.56 Å². The van der Waals surface area contributed by atoms with Gasteiger partial charge in [0.2, 0.25) is 5.13 Å². The number of hydrogen-bond donors (Lipinski definition) is 0. The topological polar surface area (TPSA) is 95.9 Å². The third-order valence-electron chi connectivity index (χ3n) is 2.27. The fraction of sp³-hybridized carbons (Fsp3) is 0.182. The Hall–Kier alpha value is -2.18. The summed E-state index contributed by atoms with van der Waals surface area (Å²) in [5.41, 5.74) is -0.152. The molecule has 1 aromatic carbocycles. The molecule has 0 bridgehead atoms. The molecule has 20 heavy (non-hydrogen) atoms. The van der Waals surface area contributed by atoms with Crippen molar-refractivity contribution in [2.75, 3.05) is 19.0 Å². The second kappa shape index (κ2) is 5.85. The lowest BCUT2D eigenvalue weighted by Crippen LogP contribution is -2.07. The minimum atomic E-state index is -0.567. The Labute approximate surface area is 123 Å². The van der Waals surface area contributed by atoms with Crippen molar-refractivity contribution in [3.8, 4) is 6.07 Å². The molecule has 1 aromatic heterocycles. The molecule has 9 heteroatoms. The van der Waals surface area contributed by atoms with Gasteiger partial charge < -0.3 is 4.90 Å². The third-order valence-corrected chi connectivity index (χ3v) is 4.40. The molecular formula is C11H9N5O2S2. The molecule has 0 aliphatic carbocycles. The van der Waals surface area contributed by atoms with E-state index in [1.54, 1.807) is 6.07 Å². The van der Waals surface area contributed by atoms with Gasteiger partial charge in [-0.1, -0.05) is 23.1 Å². The highest BCUT2D eigenvalue weighted by Crippen LogP contribution is 2.34. The average molecular weight is 307 g/mol. The zero-order valence-corrected chi connectivity index (χ0v) is 12.2. The van der Waals surface area contributed by atoms with Crippen molar-refractivity contribution in [3.63, 3.8) is 0 Å². The van der Waals surface area contributed by atoms with E-state index in [9.17, 15) is 10.1 Å². The maximum Gasteiger partial charge on any atom is 0.287 e. The fourth-order valence-electron chi connectivity index (χ4n) is 1.35. The average Bonchev–Trinajstić information content (AvgIpc) is 2.87. The van der Waals surface area contributed by atoms with E-state index < -0.39 is 4.92 Å². The first-order valence-electron chi connectivity index (χ1n) is 5.38. The predicted molar refractivity (Wildman–Crippen MR) is 76.2 cm³/mol.